The zero-order chi connectivity index (χ0) is 21.6. The zero-order valence-corrected chi connectivity index (χ0v) is 17.7. The number of hydrogen-bond acceptors (Lipinski definition) is 5. The first-order valence-electron chi connectivity index (χ1n) is 9.81. The predicted molar refractivity (Wildman–Crippen MR) is 113 cm³/mol. The number of para-hydroxylation sites is 1. The van der Waals surface area contributed by atoms with E-state index in [0.29, 0.717) is 6.54 Å². The number of rotatable bonds is 8. The average molecular weight is 436 g/mol. The topological polar surface area (TPSA) is 79.0 Å². The van der Waals surface area contributed by atoms with Crippen LogP contribution in [0, 0.1) is 5.82 Å². The molecule has 0 atom stereocenters. The number of ether oxygens (including phenoxy) is 1. The second-order valence-electron chi connectivity index (χ2n) is 7.02. The fraction of sp³-hybridized carbons (Fsp3) is 0.381. The highest BCUT2D eigenvalue weighted by molar-refractivity contribution is 7.92. The van der Waals surface area contributed by atoms with Gasteiger partial charge in [0.2, 0.25) is 0 Å². The van der Waals surface area contributed by atoms with Gasteiger partial charge < -0.3 is 10.1 Å². The standard InChI is InChI=1S/C21H26FN3O4S/c1-24(20-9-3-2-8-19(20)22)30(27,28)18-7-4-6-17(16-18)21(26)23-10-5-11-25-12-14-29-15-13-25/h2-4,6-9,16H,5,10-15H2,1H3,(H,23,26). The maximum atomic E-state index is 14.0. The lowest BCUT2D eigenvalue weighted by Crippen LogP contribution is -2.38. The van der Waals surface area contributed by atoms with E-state index in [1.54, 1.807) is 12.1 Å². The molecule has 0 unspecified atom stereocenters. The molecule has 2 aromatic rings. The average Bonchev–Trinajstić information content (AvgIpc) is 2.77. The third kappa shape index (κ3) is 5.35. The lowest BCUT2D eigenvalue weighted by molar-refractivity contribution is 0.0374. The number of carbonyl (C=O) groups is 1. The summed E-state index contributed by atoms with van der Waals surface area (Å²) in [6.07, 6.45) is 0.791. The quantitative estimate of drug-likeness (QED) is 0.643. The first-order valence-corrected chi connectivity index (χ1v) is 11.3. The molecule has 0 radical (unpaired) electrons. The number of benzene rings is 2. The molecular weight excluding hydrogens is 409 g/mol. The summed E-state index contributed by atoms with van der Waals surface area (Å²) in [7, 11) is -2.73. The number of hydrogen-bond donors (Lipinski definition) is 1. The molecule has 3 rings (SSSR count). The molecule has 30 heavy (non-hydrogen) atoms. The van der Waals surface area contributed by atoms with E-state index in [-0.39, 0.29) is 22.1 Å². The number of nitrogens with one attached hydrogen (secondary N) is 1. The van der Waals surface area contributed by atoms with Crippen LogP contribution in [0.3, 0.4) is 0 Å². The lowest BCUT2D eigenvalue weighted by atomic mass is 10.2. The van der Waals surface area contributed by atoms with E-state index in [4.69, 9.17) is 4.74 Å². The van der Waals surface area contributed by atoms with Gasteiger partial charge in [-0.3, -0.25) is 14.0 Å². The van der Waals surface area contributed by atoms with Gasteiger partial charge in [0.25, 0.3) is 15.9 Å². The molecular formula is C21H26FN3O4S. The molecule has 0 aliphatic carbocycles. The summed E-state index contributed by atoms with van der Waals surface area (Å²) in [5.74, 6) is -0.986. The smallest absolute Gasteiger partial charge is 0.264 e. The molecule has 1 N–H and O–H groups in total. The summed E-state index contributed by atoms with van der Waals surface area (Å²) in [6.45, 7) is 4.60. The molecule has 1 aliphatic rings. The van der Waals surface area contributed by atoms with Crippen LogP contribution < -0.4 is 9.62 Å². The number of amides is 1. The van der Waals surface area contributed by atoms with Crippen LogP contribution in [0.2, 0.25) is 0 Å². The Kier molecular flexibility index (Phi) is 7.41. The minimum Gasteiger partial charge on any atom is -0.379 e. The maximum absolute atomic E-state index is 14.0. The van der Waals surface area contributed by atoms with Gasteiger partial charge in [-0.2, -0.15) is 0 Å². The Morgan fingerprint density at radius 1 is 1.17 bits per heavy atom. The SMILES string of the molecule is CN(c1ccccc1F)S(=O)(=O)c1cccc(C(=O)NCCCN2CCOCC2)c1. The normalized spacial score (nSPS) is 15.0. The van der Waals surface area contributed by atoms with Crippen LogP contribution in [0.5, 0.6) is 0 Å². The summed E-state index contributed by atoms with van der Waals surface area (Å²) in [6, 6.07) is 11.4. The van der Waals surface area contributed by atoms with Gasteiger partial charge in [-0.05, 0) is 43.3 Å². The van der Waals surface area contributed by atoms with Gasteiger partial charge in [0, 0.05) is 32.2 Å². The van der Waals surface area contributed by atoms with E-state index < -0.39 is 15.8 Å². The number of carbonyl (C=O) groups excluding carboxylic acids is 1. The summed E-state index contributed by atoms with van der Waals surface area (Å²) in [5.41, 5.74) is 0.180. The second-order valence-corrected chi connectivity index (χ2v) is 8.98. The van der Waals surface area contributed by atoms with Crippen molar-refractivity contribution in [3.8, 4) is 0 Å². The van der Waals surface area contributed by atoms with Crippen molar-refractivity contribution in [3.05, 3.63) is 59.9 Å². The third-order valence-electron chi connectivity index (χ3n) is 4.99. The highest BCUT2D eigenvalue weighted by Gasteiger charge is 2.24. The van der Waals surface area contributed by atoms with Crippen molar-refractivity contribution in [3.63, 3.8) is 0 Å². The Morgan fingerprint density at radius 3 is 2.63 bits per heavy atom. The molecule has 2 aromatic carbocycles. The largest absolute Gasteiger partial charge is 0.379 e. The van der Waals surface area contributed by atoms with Crippen LogP contribution in [-0.4, -0.2) is 65.7 Å². The molecule has 7 nitrogen and oxygen atoms in total. The Morgan fingerprint density at radius 2 is 1.90 bits per heavy atom. The van der Waals surface area contributed by atoms with Crippen LogP contribution >= 0.6 is 0 Å². The summed E-state index contributed by atoms with van der Waals surface area (Å²) in [4.78, 5) is 14.7. The van der Waals surface area contributed by atoms with Crippen molar-refractivity contribution in [2.75, 3.05) is 50.7 Å². The molecule has 1 heterocycles. The van der Waals surface area contributed by atoms with Gasteiger partial charge in [-0.1, -0.05) is 18.2 Å². The number of morpholine rings is 1. The van der Waals surface area contributed by atoms with Crippen LogP contribution in [0.4, 0.5) is 10.1 Å². The van der Waals surface area contributed by atoms with Crippen molar-refractivity contribution in [2.45, 2.75) is 11.3 Å². The van der Waals surface area contributed by atoms with E-state index in [9.17, 15) is 17.6 Å². The van der Waals surface area contributed by atoms with E-state index in [1.165, 1.54) is 43.4 Å². The van der Waals surface area contributed by atoms with E-state index in [1.807, 2.05) is 0 Å². The van der Waals surface area contributed by atoms with Gasteiger partial charge in [0.15, 0.2) is 0 Å². The molecule has 1 saturated heterocycles. The summed E-state index contributed by atoms with van der Waals surface area (Å²) >= 11 is 0. The van der Waals surface area contributed by atoms with Crippen LogP contribution in [-0.2, 0) is 14.8 Å². The maximum Gasteiger partial charge on any atom is 0.264 e. The number of sulfonamides is 1. The monoisotopic (exact) mass is 435 g/mol. The molecule has 0 bridgehead atoms. The van der Waals surface area contributed by atoms with Crippen molar-refractivity contribution in [1.82, 2.24) is 10.2 Å². The number of anilines is 1. The molecule has 0 spiro atoms. The first-order chi connectivity index (χ1) is 14.4. The van der Waals surface area contributed by atoms with Crippen molar-refractivity contribution in [2.24, 2.45) is 0 Å². The van der Waals surface area contributed by atoms with Gasteiger partial charge in [0.1, 0.15) is 5.82 Å². The molecule has 1 amide bonds. The van der Waals surface area contributed by atoms with Gasteiger partial charge in [0.05, 0.1) is 23.8 Å². The Bertz CT molecular complexity index is 978. The van der Waals surface area contributed by atoms with Gasteiger partial charge in [-0.15, -0.1) is 0 Å². The van der Waals surface area contributed by atoms with E-state index in [0.717, 1.165) is 43.6 Å². The molecule has 0 aromatic heterocycles. The lowest BCUT2D eigenvalue weighted by Gasteiger charge is -2.26. The zero-order valence-electron chi connectivity index (χ0n) is 16.9. The molecule has 1 fully saturated rings. The Balaban J connectivity index is 1.63. The fourth-order valence-corrected chi connectivity index (χ4v) is 4.47. The van der Waals surface area contributed by atoms with Crippen molar-refractivity contribution >= 4 is 21.6 Å². The van der Waals surface area contributed by atoms with Crippen LogP contribution in [0.15, 0.2) is 53.4 Å². The highest BCUT2D eigenvalue weighted by Crippen LogP contribution is 2.25. The summed E-state index contributed by atoms with van der Waals surface area (Å²) < 4.78 is 46.0. The Hall–Kier alpha value is -2.49. The van der Waals surface area contributed by atoms with E-state index in [2.05, 4.69) is 10.2 Å². The molecule has 9 heteroatoms. The second kappa shape index (κ2) is 10.0. The van der Waals surface area contributed by atoms with Crippen molar-refractivity contribution < 1.29 is 22.3 Å². The molecule has 162 valence electrons. The van der Waals surface area contributed by atoms with Crippen LogP contribution in [0.1, 0.15) is 16.8 Å². The first kappa shape index (κ1) is 22.2. The van der Waals surface area contributed by atoms with E-state index >= 15 is 0 Å². The van der Waals surface area contributed by atoms with Gasteiger partial charge in [-0.25, -0.2) is 12.8 Å². The van der Waals surface area contributed by atoms with Crippen molar-refractivity contribution in [1.29, 1.82) is 0 Å². The fourth-order valence-electron chi connectivity index (χ4n) is 3.22. The minimum atomic E-state index is -4.02. The third-order valence-corrected chi connectivity index (χ3v) is 6.75. The Labute approximate surface area is 176 Å². The molecule has 1 aliphatic heterocycles. The highest BCUT2D eigenvalue weighted by atomic mass is 32.2. The predicted octanol–water partition coefficient (Wildman–Crippen LogP) is 2.10. The molecule has 0 saturated carbocycles. The van der Waals surface area contributed by atoms with Gasteiger partial charge >= 0.3 is 0 Å². The number of halogens is 1. The minimum absolute atomic E-state index is 0.0598. The number of nitrogens with zero attached hydrogens (tertiary/aromatic N) is 2. The van der Waals surface area contributed by atoms with Crippen LogP contribution in [0.25, 0.3) is 0 Å². The summed E-state index contributed by atoms with van der Waals surface area (Å²) in [5, 5.41) is 2.82.